The van der Waals surface area contributed by atoms with Crippen LogP contribution in [0.4, 0.5) is 0 Å². The van der Waals surface area contributed by atoms with Gasteiger partial charge in [-0.15, -0.1) is 0 Å². The van der Waals surface area contributed by atoms with E-state index in [1.807, 2.05) is 27.7 Å². The summed E-state index contributed by atoms with van der Waals surface area (Å²) in [6, 6.07) is 3.42. The SMILES string of the molecule is COP(=O)(/C=C/[C@@]12C[C@@H](OCC1OP(OCCC#N)N(C(C)C)C(C)C)[C@H](n1ccc(=O)[nH]c1=O)O2)OC. The van der Waals surface area contributed by atoms with E-state index < -0.39 is 51.4 Å². The summed E-state index contributed by atoms with van der Waals surface area (Å²) in [4.78, 5) is 26.4. The van der Waals surface area contributed by atoms with Crippen molar-refractivity contribution in [1.82, 2.24) is 14.2 Å². The number of aromatic amines is 1. The molecule has 38 heavy (non-hydrogen) atoms. The zero-order chi connectivity index (χ0) is 28.1. The Morgan fingerprint density at radius 2 is 2.00 bits per heavy atom. The number of aromatic nitrogens is 2. The molecular weight excluding hydrogens is 538 g/mol. The molecule has 2 aliphatic rings. The van der Waals surface area contributed by atoms with Gasteiger partial charge in [0.2, 0.25) is 0 Å². The predicted molar refractivity (Wildman–Crippen MR) is 139 cm³/mol. The number of H-pyrrole nitrogens is 1. The molecule has 15 heteroatoms. The summed E-state index contributed by atoms with van der Waals surface area (Å²) in [6.07, 6.45) is 1.17. The van der Waals surface area contributed by atoms with E-state index in [0.717, 1.165) is 0 Å². The van der Waals surface area contributed by atoms with Gasteiger partial charge in [-0.2, -0.15) is 5.26 Å². The zero-order valence-corrected chi connectivity index (χ0v) is 24.2. The first kappa shape index (κ1) is 30.8. The molecule has 3 heterocycles. The van der Waals surface area contributed by atoms with Crippen molar-refractivity contribution in [3.05, 3.63) is 45.0 Å². The van der Waals surface area contributed by atoms with Crippen molar-refractivity contribution in [2.24, 2.45) is 0 Å². The molecule has 0 aromatic carbocycles. The minimum absolute atomic E-state index is 0.0612. The van der Waals surface area contributed by atoms with Crippen LogP contribution in [0.25, 0.3) is 0 Å². The van der Waals surface area contributed by atoms with Crippen molar-refractivity contribution in [3.63, 3.8) is 0 Å². The second-order valence-electron chi connectivity index (χ2n) is 9.42. The second-order valence-corrected chi connectivity index (χ2v) is 12.9. The van der Waals surface area contributed by atoms with E-state index in [2.05, 4.69) is 15.7 Å². The molecule has 1 N–H and O–H groups in total. The third-order valence-electron chi connectivity index (χ3n) is 6.24. The van der Waals surface area contributed by atoms with Gasteiger partial charge in [0, 0.05) is 50.8 Å². The van der Waals surface area contributed by atoms with Crippen LogP contribution in [0.3, 0.4) is 0 Å². The average Bonchev–Trinajstić information content (AvgIpc) is 3.17. The van der Waals surface area contributed by atoms with Gasteiger partial charge in [-0.3, -0.25) is 18.9 Å². The molecule has 2 saturated heterocycles. The van der Waals surface area contributed by atoms with E-state index >= 15 is 0 Å². The maximum atomic E-state index is 12.9. The Kier molecular flexibility index (Phi) is 10.6. The molecule has 5 atom stereocenters. The van der Waals surface area contributed by atoms with E-state index in [-0.39, 0.29) is 38.1 Å². The third kappa shape index (κ3) is 6.89. The van der Waals surface area contributed by atoms with Crippen LogP contribution >= 0.6 is 16.1 Å². The lowest BCUT2D eigenvalue weighted by Crippen LogP contribution is -2.49. The minimum atomic E-state index is -3.57. The summed E-state index contributed by atoms with van der Waals surface area (Å²) in [5, 5.41) is 9.03. The number of nitriles is 1. The molecule has 2 unspecified atom stereocenters. The molecule has 1 aromatic rings. The molecule has 2 aliphatic heterocycles. The normalized spacial score (nSPS) is 26.5. The molecule has 1 aromatic heterocycles. The van der Waals surface area contributed by atoms with E-state index in [9.17, 15) is 14.2 Å². The predicted octanol–water partition coefficient (Wildman–Crippen LogP) is 3.25. The van der Waals surface area contributed by atoms with E-state index in [1.165, 1.54) is 36.9 Å². The van der Waals surface area contributed by atoms with E-state index in [0.29, 0.717) is 0 Å². The quantitative estimate of drug-likeness (QED) is 0.273. The van der Waals surface area contributed by atoms with Crippen molar-refractivity contribution in [2.75, 3.05) is 27.4 Å². The molecule has 3 rings (SSSR count). The first-order valence-corrected chi connectivity index (χ1v) is 15.0. The van der Waals surface area contributed by atoms with Crippen LogP contribution in [0.1, 0.15) is 46.8 Å². The molecule has 212 valence electrons. The molecule has 2 fully saturated rings. The molecule has 13 nitrogen and oxygen atoms in total. The number of rotatable bonds is 13. The van der Waals surface area contributed by atoms with Crippen molar-refractivity contribution in [1.29, 1.82) is 5.26 Å². The monoisotopic (exact) mass is 574 g/mol. The largest absolute Gasteiger partial charge is 0.371 e. The van der Waals surface area contributed by atoms with Crippen molar-refractivity contribution in [2.45, 2.75) is 76.7 Å². The fourth-order valence-corrected chi connectivity index (χ4v) is 7.07. The fourth-order valence-electron chi connectivity index (χ4n) is 4.48. The summed E-state index contributed by atoms with van der Waals surface area (Å²) < 4.78 is 51.5. The van der Waals surface area contributed by atoms with Crippen molar-refractivity contribution < 1.29 is 32.1 Å². The molecule has 0 spiro atoms. The third-order valence-corrected chi connectivity index (χ3v) is 9.91. The Morgan fingerprint density at radius 3 is 2.58 bits per heavy atom. The van der Waals surface area contributed by atoms with Crippen LogP contribution in [0.2, 0.25) is 0 Å². The van der Waals surface area contributed by atoms with Gasteiger partial charge >= 0.3 is 13.3 Å². The van der Waals surface area contributed by atoms with Crippen LogP contribution < -0.4 is 11.2 Å². The number of ether oxygens (including phenoxy) is 2. The fraction of sp³-hybridized carbons (Fsp3) is 0.696. The zero-order valence-electron chi connectivity index (χ0n) is 22.4. The molecule has 0 aliphatic carbocycles. The Hall–Kier alpha value is -1.71. The summed E-state index contributed by atoms with van der Waals surface area (Å²) >= 11 is 0. The van der Waals surface area contributed by atoms with Gasteiger partial charge in [0.05, 0.1) is 25.7 Å². The van der Waals surface area contributed by atoms with E-state index in [1.54, 1.807) is 6.08 Å². The summed E-state index contributed by atoms with van der Waals surface area (Å²) in [7, 11) is -2.69. The lowest BCUT2D eigenvalue weighted by molar-refractivity contribution is -0.101. The Labute approximate surface area is 223 Å². The van der Waals surface area contributed by atoms with Gasteiger partial charge < -0.3 is 27.6 Å². The van der Waals surface area contributed by atoms with Gasteiger partial charge in [0.1, 0.15) is 17.8 Å². The lowest BCUT2D eigenvalue weighted by atomic mass is 9.90. The number of hydrogen-bond acceptors (Lipinski definition) is 11. The maximum Gasteiger partial charge on any atom is 0.353 e. The van der Waals surface area contributed by atoms with Gasteiger partial charge in [0.25, 0.3) is 14.1 Å². The van der Waals surface area contributed by atoms with Crippen LogP contribution in [-0.2, 0) is 32.1 Å². The van der Waals surface area contributed by atoms with Crippen LogP contribution in [-0.4, -0.2) is 71.5 Å². The Morgan fingerprint density at radius 1 is 1.32 bits per heavy atom. The molecular formula is C23H36N4O9P2. The minimum Gasteiger partial charge on any atom is -0.371 e. The van der Waals surface area contributed by atoms with Crippen molar-refractivity contribution >= 4 is 16.1 Å². The van der Waals surface area contributed by atoms with Crippen LogP contribution in [0.15, 0.2) is 33.7 Å². The first-order valence-electron chi connectivity index (χ1n) is 12.3. The van der Waals surface area contributed by atoms with Gasteiger partial charge in [-0.05, 0) is 33.8 Å². The Bertz CT molecular complexity index is 1160. The number of nitrogens with one attached hydrogen (secondary N) is 1. The standard InChI is InChI=1S/C23H36N4O9P2/c1-16(2)27(17(3)4)37(34-12-7-10-24)36-19-15-33-18-14-23(19,9-13-38(30,31-5)32-6)35-21(18)26-11-8-20(28)25-22(26)29/h8-9,11,13,16-19,21H,7,12,14-15H2,1-6H3,(H,25,28,29)/b13-9+/t18-,19?,21-,23-,37?/m1/s1. The van der Waals surface area contributed by atoms with Crippen molar-refractivity contribution in [3.8, 4) is 6.07 Å². The second kappa shape index (κ2) is 13.1. The highest BCUT2D eigenvalue weighted by atomic mass is 31.2. The van der Waals surface area contributed by atoms with Gasteiger partial charge in [0.15, 0.2) is 6.23 Å². The smallest absolute Gasteiger partial charge is 0.353 e. The van der Waals surface area contributed by atoms with Crippen LogP contribution in [0, 0.1) is 11.3 Å². The molecule has 2 bridgehead atoms. The highest BCUT2D eigenvalue weighted by Crippen LogP contribution is 2.55. The summed E-state index contributed by atoms with van der Waals surface area (Å²) in [5.74, 6) is 1.31. The van der Waals surface area contributed by atoms with Gasteiger partial charge in [-0.1, -0.05) is 0 Å². The highest BCUT2D eigenvalue weighted by Gasteiger charge is 2.57. The topological polar surface area (TPSA) is 154 Å². The average molecular weight is 575 g/mol. The lowest BCUT2D eigenvalue weighted by Gasteiger charge is -2.42. The number of nitrogens with zero attached hydrogens (tertiary/aromatic N) is 3. The molecule has 0 radical (unpaired) electrons. The first-order chi connectivity index (χ1) is 18.0. The maximum absolute atomic E-state index is 12.9. The number of fused-ring (bicyclic) bond motifs is 2. The molecule has 0 saturated carbocycles. The van der Waals surface area contributed by atoms with E-state index in [4.69, 9.17) is 32.8 Å². The Balaban J connectivity index is 2.02. The molecule has 0 amide bonds. The van der Waals surface area contributed by atoms with Crippen LogP contribution in [0.5, 0.6) is 0 Å². The summed E-state index contributed by atoms with van der Waals surface area (Å²) in [6.45, 7) is 8.34. The summed E-state index contributed by atoms with van der Waals surface area (Å²) in [5.41, 5.74) is -2.38. The number of hydrogen-bond donors (Lipinski definition) is 1. The van der Waals surface area contributed by atoms with Gasteiger partial charge in [-0.25, -0.2) is 9.46 Å². The highest BCUT2D eigenvalue weighted by molar-refractivity contribution is 7.57.